The summed E-state index contributed by atoms with van der Waals surface area (Å²) in [7, 11) is 1.95. The highest BCUT2D eigenvalue weighted by Crippen LogP contribution is 2.37. The van der Waals surface area contributed by atoms with E-state index < -0.39 is 0 Å². The number of ether oxygens (including phenoxy) is 1. The Hall–Kier alpha value is -1.81. The maximum absolute atomic E-state index is 6.09. The third kappa shape index (κ3) is 3.27. The second kappa shape index (κ2) is 5.53. The fourth-order valence-corrected chi connectivity index (χ4v) is 2.85. The van der Waals surface area contributed by atoms with Gasteiger partial charge >= 0.3 is 0 Å². The van der Waals surface area contributed by atoms with Crippen molar-refractivity contribution < 1.29 is 4.74 Å². The van der Waals surface area contributed by atoms with E-state index in [1.54, 1.807) is 0 Å². The van der Waals surface area contributed by atoms with Crippen molar-refractivity contribution in [2.75, 3.05) is 6.54 Å². The number of benzene rings is 1. The first-order chi connectivity index (χ1) is 10.0. The lowest BCUT2D eigenvalue weighted by atomic mass is 10.0. The Labute approximate surface area is 126 Å². The number of fused-ring (bicyclic) bond motifs is 1. The SMILES string of the molecule is Cn1ccc(CCNCc2cccc3c2OC(C)(C)C3)n1. The smallest absolute Gasteiger partial charge is 0.127 e. The molecule has 0 spiro atoms. The Bertz CT molecular complexity index is 631. The van der Waals surface area contributed by atoms with Crippen molar-refractivity contribution in [3.8, 4) is 5.75 Å². The molecule has 1 N–H and O–H groups in total. The van der Waals surface area contributed by atoms with Gasteiger partial charge in [-0.05, 0) is 25.5 Å². The summed E-state index contributed by atoms with van der Waals surface area (Å²) in [6.45, 7) is 6.05. The lowest BCUT2D eigenvalue weighted by Gasteiger charge is -2.18. The fraction of sp³-hybridized carbons (Fsp3) is 0.471. The lowest BCUT2D eigenvalue weighted by molar-refractivity contribution is 0.137. The molecule has 0 amide bonds. The van der Waals surface area contributed by atoms with E-state index in [0.29, 0.717) is 0 Å². The van der Waals surface area contributed by atoms with E-state index in [1.807, 2.05) is 17.9 Å². The molecular weight excluding hydrogens is 262 g/mol. The highest BCUT2D eigenvalue weighted by Gasteiger charge is 2.31. The van der Waals surface area contributed by atoms with Gasteiger partial charge in [-0.25, -0.2) is 0 Å². The van der Waals surface area contributed by atoms with Crippen LogP contribution in [0.4, 0.5) is 0 Å². The van der Waals surface area contributed by atoms with Gasteiger partial charge in [-0.2, -0.15) is 5.10 Å². The number of nitrogens with zero attached hydrogens (tertiary/aromatic N) is 2. The van der Waals surface area contributed by atoms with E-state index in [2.05, 4.69) is 48.5 Å². The Kier molecular flexibility index (Phi) is 3.72. The van der Waals surface area contributed by atoms with Crippen molar-refractivity contribution in [2.45, 2.75) is 38.8 Å². The molecular formula is C17H23N3O. The third-order valence-electron chi connectivity index (χ3n) is 3.81. The van der Waals surface area contributed by atoms with Gasteiger partial charge in [0.1, 0.15) is 11.4 Å². The van der Waals surface area contributed by atoms with Gasteiger partial charge in [0.25, 0.3) is 0 Å². The summed E-state index contributed by atoms with van der Waals surface area (Å²) in [5.74, 6) is 1.08. The minimum absolute atomic E-state index is 0.0770. The second-order valence-corrected chi connectivity index (χ2v) is 6.35. The number of nitrogens with one attached hydrogen (secondary N) is 1. The molecule has 4 nitrogen and oxygen atoms in total. The standard InChI is InChI=1S/C17H23N3O/c1-17(2)11-13-5-4-6-14(16(13)21-17)12-18-9-7-15-8-10-20(3)19-15/h4-6,8,10,18H,7,9,11-12H2,1-3H3. The Morgan fingerprint density at radius 3 is 2.95 bits per heavy atom. The van der Waals surface area contributed by atoms with Crippen LogP contribution < -0.4 is 10.1 Å². The summed E-state index contributed by atoms with van der Waals surface area (Å²) in [6.07, 6.45) is 3.92. The van der Waals surface area contributed by atoms with Crippen molar-refractivity contribution >= 4 is 0 Å². The largest absolute Gasteiger partial charge is 0.487 e. The van der Waals surface area contributed by atoms with Crippen molar-refractivity contribution in [1.29, 1.82) is 0 Å². The summed E-state index contributed by atoms with van der Waals surface area (Å²) in [6, 6.07) is 8.50. The zero-order valence-corrected chi connectivity index (χ0v) is 13.0. The minimum atomic E-state index is -0.0770. The van der Waals surface area contributed by atoms with E-state index in [9.17, 15) is 0 Å². The predicted molar refractivity (Wildman–Crippen MR) is 83.5 cm³/mol. The van der Waals surface area contributed by atoms with Crippen LogP contribution in [0.2, 0.25) is 0 Å². The van der Waals surface area contributed by atoms with E-state index in [0.717, 1.165) is 37.4 Å². The first-order valence-corrected chi connectivity index (χ1v) is 7.52. The van der Waals surface area contributed by atoms with E-state index in [4.69, 9.17) is 4.74 Å². The number of aromatic nitrogens is 2. The molecule has 0 radical (unpaired) electrons. The summed E-state index contributed by atoms with van der Waals surface area (Å²) in [5, 5.41) is 7.87. The molecule has 1 aromatic carbocycles. The second-order valence-electron chi connectivity index (χ2n) is 6.35. The Morgan fingerprint density at radius 2 is 2.19 bits per heavy atom. The molecule has 1 aromatic heterocycles. The molecule has 0 saturated carbocycles. The predicted octanol–water partition coefficient (Wildman–Crippen LogP) is 2.47. The monoisotopic (exact) mass is 285 g/mol. The highest BCUT2D eigenvalue weighted by atomic mass is 16.5. The van der Waals surface area contributed by atoms with Crippen LogP contribution in [-0.4, -0.2) is 21.9 Å². The van der Waals surface area contributed by atoms with E-state index in [1.165, 1.54) is 11.1 Å². The summed E-state index contributed by atoms with van der Waals surface area (Å²) >= 11 is 0. The van der Waals surface area contributed by atoms with Crippen LogP contribution in [0.1, 0.15) is 30.7 Å². The molecule has 3 rings (SSSR count). The zero-order chi connectivity index (χ0) is 14.9. The molecule has 1 aliphatic rings. The Balaban J connectivity index is 1.56. The molecule has 0 saturated heterocycles. The van der Waals surface area contributed by atoms with Crippen molar-refractivity contribution in [3.05, 3.63) is 47.3 Å². The molecule has 1 aliphatic heterocycles. The topological polar surface area (TPSA) is 39.1 Å². The van der Waals surface area contributed by atoms with Crippen molar-refractivity contribution in [2.24, 2.45) is 7.05 Å². The average Bonchev–Trinajstić information content (AvgIpc) is 2.96. The zero-order valence-electron chi connectivity index (χ0n) is 13.0. The fourth-order valence-electron chi connectivity index (χ4n) is 2.85. The van der Waals surface area contributed by atoms with Gasteiger partial charge in [-0.15, -0.1) is 0 Å². The normalized spacial score (nSPS) is 15.8. The number of rotatable bonds is 5. The molecule has 2 heterocycles. The molecule has 21 heavy (non-hydrogen) atoms. The van der Waals surface area contributed by atoms with Gasteiger partial charge < -0.3 is 10.1 Å². The maximum Gasteiger partial charge on any atom is 0.127 e. The van der Waals surface area contributed by atoms with Crippen LogP contribution in [0.3, 0.4) is 0 Å². The molecule has 0 atom stereocenters. The quantitative estimate of drug-likeness (QED) is 0.858. The van der Waals surface area contributed by atoms with Gasteiger partial charge in [0.2, 0.25) is 0 Å². The van der Waals surface area contributed by atoms with Crippen LogP contribution in [0, 0.1) is 0 Å². The molecule has 0 fully saturated rings. The molecule has 0 bridgehead atoms. The molecule has 2 aromatic rings. The summed E-state index contributed by atoms with van der Waals surface area (Å²) in [4.78, 5) is 0. The van der Waals surface area contributed by atoms with Crippen LogP contribution in [0.5, 0.6) is 5.75 Å². The van der Waals surface area contributed by atoms with E-state index in [-0.39, 0.29) is 5.60 Å². The molecule has 0 unspecified atom stereocenters. The van der Waals surface area contributed by atoms with Crippen LogP contribution in [0.15, 0.2) is 30.5 Å². The lowest BCUT2D eigenvalue weighted by Crippen LogP contribution is -2.25. The highest BCUT2D eigenvalue weighted by molar-refractivity contribution is 5.45. The number of hydrogen-bond donors (Lipinski definition) is 1. The van der Waals surface area contributed by atoms with E-state index >= 15 is 0 Å². The van der Waals surface area contributed by atoms with Gasteiger partial charge in [0.05, 0.1) is 5.69 Å². The molecule has 0 aliphatic carbocycles. The third-order valence-corrected chi connectivity index (χ3v) is 3.81. The van der Waals surface area contributed by atoms with Crippen molar-refractivity contribution in [1.82, 2.24) is 15.1 Å². The van der Waals surface area contributed by atoms with Gasteiger partial charge in [0, 0.05) is 44.7 Å². The molecule has 112 valence electrons. The summed E-state index contributed by atoms with van der Waals surface area (Å²) in [5.41, 5.74) is 3.62. The van der Waals surface area contributed by atoms with Crippen molar-refractivity contribution in [3.63, 3.8) is 0 Å². The Morgan fingerprint density at radius 1 is 1.33 bits per heavy atom. The first kappa shape index (κ1) is 14.1. The first-order valence-electron chi connectivity index (χ1n) is 7.52. The van der Waals surface area contributed by atoms with Gasteiger partial charge in [-0.3, -0.25) is 4.68 Å². The maximum atomic E-state index is 6.09. The van der Waals surface area contributed by atoms with Gasteiger partial charge in [-0.1, -0.05) is 18.2 Å². The van der Waals surface area contributed by atoms with Crippen LogP contribution in [0.25, 0.3) is 0 Å². The number of para-hydroxylation sites is 1. The average molecular weight is 285 g/mol. The van der Waals surface area contributed by atoms with Crippen LogP contribution in [-0.2, 0) is 26.4 Å². The number of hydrogen-bond acceptors (Lipinski definition) is 3. The van der Waals surface area contributed by atoms with Crippen LogP contribution >= 0.6 is 0 Å². The van der Waals surface area contributed by atoms with Gasteiger partial charge in [0.15, 0.2) is 0 Å². The molecule has 4 heteroatoms. The number of aryl methyl sites for hydroxylation is 1. The summed E-state index contributed by atoms with van der Waals surface area (Å²) < 4.78 is 7.93. The minimum Gasteiger partial charge on any atom is -0.487 e.